The number of carbonyl (C=O) groups is 2. The van der Waals surface area contributed by atoms with Gasteiger partial charge in [-0.15, -0.1) is 0 Å². The molecule has 0 unspecified atom stereocenters. The number of piperidine rings is 1. The molecule has 3 amide bonds. The van der Waals surface area contributed by atoms with Crippen molar-refractivity contribution in [3.8, 4) is 11.6 Å². The number of aryl methyl sites for hydroxylation is 2. The van der Waals surface area contributed by atoms with Gasteiger partial charge in [-0.25, -0.2) is 27.0 Å². The molecule has 0 atom stereocenters. The SMILES string of the molecule is CCCCCN(C(=O)Nc1cc(C(N)=O)c(F)cc1F)C1CCN(Cc2ccc(Oc3c(C)cc(NS(C)(=O)=O)cc3C)nc2)CC1. The summed E-state index contributed by atoms with van der Waals surface area (Å²) >= 11 is 0. The summed E-state index contributed by atoms with van der Waals surface area (Å²) in [6.45, 7) is 8.33. The number of carbonyl (C=O) groups excluding carboxylic acids is 2. The maximum atomic E-state index is 14.5. The summed E-state index contributed by atoms with van der Waals surface area (Å²) in [5, 5.41) is 2.53. The predicted molar refractivity (Wildman–Crippen MR) is 177 cm³/mol. The molecule has 4 rings (SSSR count). The lowest BCUT2D eigenvalue weighted by molar-refractivity contribution is 0.0996. The number of ether oxygens (including phenoxy) is 1. The lowest BCUT2D eigenvalue weighted by Crippen LogP contribution is -2.49. The highest BCUT2D eigenvalue weighted by atomic mass is 32.2. The number of amides is 3. The Kier molecular flexibility index (Phi) is 11.7. The number of hydrogen-bond acceptors (Lipinski definition) is 7. The molecule has 0 radical (unpaired) electrons. The largest absolute Gasteiger partial charge is 0.438 e. The first-order chi connectivity index (χ1) is 22.2. The van der Waals surface area contributed by atoms with E-state index in [1.165, 1.54) is 0 Å². The van der Waals surface area contributed by atoms with Crippen LogP contribution in [0.3, 0.4) is 0 Å². The number of urea groups is 1. The fourth-order valence-electron chi connectivity index (χ4n) is 5.70. The number of nitrogens with one attached hydrogen (secondary N) is 2. The second-order valence-electron chi connectivity index (χ2n) is 11.9. The number of unbranched alkanes of at least 4 members (excludes halogenated alkanes) is 2. The van der Waals surface area contributed by atoms with Crippen LogP contribution in [-0.2, 0) is 16.6 Å². The number of benzene rings is 2. The summed E-state index contributed by atoms with van der Waals surface area (Å²) in [5.41, 5.74) is 7.40. The number of likely N-dealkylation sites (tertiary alicyclic amines) is 1. The maximum Gasteiger partial charge on any atom is 0.322 e. The number of pyridine rings is 1. The first-order valence-corrected chi connectivity index (χ1v) is 17.4. The van der Waals surface area contributed by atoms with Gasteiger partial charge in [0.2, 0.25) is 15.9 Å². The number of aromatic nitrogens is 1. The van der Waals surface area contributed by atoms with Gasteiger partial charge in [-0.3, -0.25) is 14.4 Å². The normalized spacial score (nSPS) is 14.1. The summed E-state index contributed by atoms with van der Waals surface area (Å²) in [4.78, 5) is 33.4. The molecule has 2 aromatic carbocycles. The van der Waals surface area contributed by atoms with Gasteiger partial charge in [0.25, 0.3) is 5.91 Å². The standard InChI is InChI=1S/C33H42F2N6O5S/c1-5-6-7-12-41(33(43)38-29-17-26(32(36)42)27(34)18-28(29)35)25-10-13-40(14-11-25)20-23-8-9-30(37-19-23)46-31-21(2)15-24(16-22(31)3)39-47(4,44)45/h8-9,15-19,25,39H,5-7,10-14,20H2,1-4H3,(H2,36,42)(H,38,43). The monoisotopic (exact) mass is 672 g/mol. The van der Waals surface area contributed by atoms with E-state index in [0.717, 1.165) is 61.4 Å². The van der Waals surface area contributed by atoms with E-state index >= 15 is 0 Å². The summed E-state index contributed by atoms with van der Waals surface area (Å²) < 4.78 is 60.2. The highest BCUT2D eigenvalue weighted by molar-refractivity contribution is 7.92. The van der Waals surface area contributed by atoms with E-state index in [0.29, 0.717) is 49.3 Å². The van der Waals surface area contributed by atoms with Gasteiger partial charge in [-0.1, -0.05) is 25.8 Å². The molecule has 0 saturated carbocycles. The molecule has 3 aromatic rings. The zero-order chi connectivity index (χ0) is 34.3. The minimum Gasteiger partial charge on any atom is -0.438 e. The van der Waals surface area contributed by atoms with Gasteiger partial charge in [0.1, 0.15) is 17.4 Å². The van der Waals surface area contributed by atoms with Gasteiger partial charge < -0.3 is 20.7 Å². The van der Waals surface area contributed by atoms with Crippen molar-refractivity contribution in [2.45, 2.75) is 65.5 Å². The third-order valence-electron chi connectivity index (χ3n) is 8.00. The first-order valence-electron chi connectivity index (χ1n) is 15.5. The number of hydrogen-bond donors (Lipinski definition) is 3. The molecule has 254 valence electrons. The Morgan fingerprint density at radius 3 is 2.32 bits per heavy atom. The molecule has 1 aliphatic rings. The van der Waals surface area contributed by atoms with Crippen molar-refractivity contribution in [2.75, 3.05) is 35.9 Å². The molecule has 0 aliphatic carbocycles. The molecule has 11 nitrogen and oxygen atoms in total. The summed E-state index contributed by atoms with van der Waals surface area (Å²) in [6.07, 6.45) is 6.94. The van der Waals surface area contributed by atoms with E-state index in [-0.39, 0.29) is 11.7 Å². The highest BCUT2D eigenvalue weighted by Crippen LogP contribution is 2.31. The first kappa shape index (κ1) is 35.6. The third-order valence-corrected chi connectivity index (χ3v) is 8.61. The maximum absolute atomic E-state index is 14.5. The molecule has 0 bridgehead atoms. The Hall–Kier alpha value is -4.30. The van der Waals surface area contributed by atoms with Crippen molar-refractivity contribution < 1.29 is 31.5 Å². The Balaban J connectivity index is 1.36. The third kappa shape index (κ3) is 9.85. The second kappa shape index (κ2) is 15.5. The molecule has 0 spiro atoms. The molecule has 2 heterocycles. The number of anilines is 2. The summed E-state index contributed by atoms with van der Waals surface area (Å²) in [6, 6.07) is 8.04. The van der Waals surface area contributed by atoms with E-state index in [4.69, 9.17) is 10.5 Å². The van der Waals surface area contributed by atoms with Crippen molar-refractivity contribution in [3.63, 3.8) is 0 Å². The minimum atomic E-state index is -3.40. The molecule has 1 aromatic heterocycles. The van der Waals surface area contributed by atoms with Crippen molar-refractivity contribution in [2.24, 2.45) is 5.73 Å². The molecular formula is C33H42F2N6O5S. The van der Waals surface area contributed by atoms with Crippen LogP contribution in [-0.4, -0.2) is 67.1 Å². The number of nitrogens with two attached hydrogens (primary N) is 1. The van der Waals surface area contributed by atoms with Gasteiger partial charge in [0.05, 0.1) is 17.5 Å². The molecular weight excluding hydrogens is 630 g/mol. The average molecular weight is 673 g/mol. The molecule has 1 aliphatic heterocycles. The fourth-order valence-corrected chi connectivity index (χ4v) is 6.25. The second-order valence-corrected chi connectivity index (χ2v) is 13.7. The lowest BCUT2D eigenvalue weighted by atomic mass is 10.0. The number of primary amides is 1. The van der Waals surface area contributed by atoms with E-state index in [1.807, 2.05) is 19.9 Å². The quantitative estimate of drug-likeness (QED) is 0.191. The summed E-state index contributed by atoms with van der Waals surface area (Å²) in [5.74, 6) is -2.10. The van der Waals surface area contributed by atoms with Gasteiger partial charge in [-0.05, 0) is 68.0 Å². The van der Waals surface area contributed by atoms with Crippen molar-refractivity contribution in [1.29, 1.82) is 0 Å². The molecule has 47 heavy (non-hydrogen) atoms. The van der Waals surface area contributed by atoms with Crippen LogP contribution >= 0.6 is 0 Å². The fraction of sp³-hybridized carbons (Fsp3) is 0.424. The Bertz CT molecular complexity index is 1670. The molecule has 4 N–H and O–H groups in total. The van der Waals surface area contributed by atoms with Crippen LogP contribution in [0.15, 0.2) is 42.6 Å². The lowest BCUT2D eigenvalue weighted by Gasteiger charge is -2.38. The van der Waals surface area contributed by atoms with Crippen LogP contribution in [0.1, 0.15) is 66.1 Å². The van der Waals surface area contributed by atoms with Crippen LogP contribution in [0.2, 0.25) is 0 Å². The van der Waals surface area contributed by atoms with Crippen molar-refractivity contribution in [1.82, 2.24) is 14.8 Å². The van der Waals surface area contributed by atoms with E-state index < -0.39 is 39.2 Å². The van der Waals surface area contributed by atoms with Crippen LogP contribution in [0.4, 0.5) is 25.0 Å². The van der Waals surface area contributed by atoms with Crippen LogP contribution in [0, 0.1) is 25.5 Å². The number of halogens is 2. The average Bonchev–Trinajstić information content (AvgIpc) is 2.99. The zero-order valence-corrected chi connectivity index (χ0v) is 27.9. The number of nitrogens with zero attached hydrogens (tertiary/aromatic N) is 3. The van der Waals surface area contributed by atoms with Crippen LogP contribution in [0.25, 0.3) is 0 Å². The zero-order valence-electron chi connectivity index (χ0n) is 27.1. The van der Waals surface area contributed by atoms with Crippen molar-refractivity contribution >= 4 is 33.3 Å². The topological polar surface area (TPSA) is 147 Å². The van der Waals surface area contributed by atoms with Crippen LogP contribution < -0.4 is 20.5 Å². The Morgan fingerprint density at radius 1 is 1.06 bits per heavy atom. The Morgan fingerprint density at radius 2 is 1.74 bits per heavy atom. The Labute approximate surface area is 274 Å². The molecule has 1 saturated heterocycles. The van der Waals surface area contributed by atoms with Crippen molar-refractivity contribution in [3.05, 3.63) is 76.5 Å². The van der Waals surface area contributed by atoms with Gasteiger partial charge >= 0.3 is 6.03 Å². The van der Waals surface area contributed by atoms with E-state index in [2.05, 4.69) is 26.8 Å². The van der Waals surface area contributed by atoms with Gasteiger partial charge in [0, 0.05) is 56.2 Å². The predicted octanol–water partition coefficient (Wildman–Crippen LogP) is 5.93. The number of rotatable bonds is 13. The minimum absolute atomic E-state index is 0.0818. The van der Waals surface area contributed by atoms with E-state index in [9.17, 15) is 26.8 Å². The number of sulfonamides is 1. The molecule has 14 heteroatoms. The summed E-state index contributed by atoms with van der Waals surface area (Å²) in [7, 11) is -3.40. The van der Waals surface area contributed by atoms with Gasteiger partial charge in [0.15, 0.2) is 0 Å². The van der Waals surface area contributed by atoms with Crippen LogP contribution in [0.5, 0.6) is 11.6 Å². The molecule has 1 fully saturated rings. The highest BCUT2D eigenvalue weighted by Gasteiger charge is 2.29. The van der Waals surface area contributed by atoms with E-state index in [1.54, 1.807) is 29.3 Å². The van der Waals surface area contributed by atoms with Gasteiger partial charge in [-0.2, -0.15) is 0 Å². The smallest absolute Gasteiger partial charge is 0.322 e.